The van der Waals surface area contributed by atoms with Crippen molar-refractivity contribution >= 4 is 40.5 Å². The smallest absolute Gasteiger partial charge is 0.417 e. The van der Waals surface area contributed by atoms with Crippen molar-refractivity contribution in [2.75, 3.05) is 0 Å². The largest absolute Gasteiger partial charge is 0.459 e. The molecule has 37 heavy (non-hydrogen) atoms. The van der Waals surface area contributed by atoms with Crippen molar-refractivity contribution in [2.45, 2.75) is 30.9 Å². The van der Waals surface area contributed by atoms with Crippen LogP contribution in [0.5, 0.6) is 11.6 Å². The minimum Gasteiger partial charge on any atom is -0.459 e. The molecular weight excluding hydrogens is 533 g/mol. The Labute approximate surface area is 218 Å². The number of carbonyl (C=O) groups is 3. The van der Waals surface area contributed by atoms with E-state index in [1.807, 2.05) is 6.07 Å². The number of nitrogens with zero attached hydrogens (tertiary/aromatic N) is 1. The number of imide groups is 1. The third-order valence-electron chi connectivity index (χ3n) is 5.49. The van der Waals surface area contributed by atoms with Gasteiger partial charge in [-0.25, -0.2) is 9.78 Å². The molecule has 0 spiro atoms. The number of carbonyl (C=O) groups excluding carboxylic acids is 3. The maximum absolute atomic E-state index is 13.1. The van der Waals surface area contributed by atoms with Crippen molar-refractivity contribution in [2.24, 2.45) is 0 Å². The molecule has 7 nitrogen and oxygen atoms in total. The number of amides is 2. The molecule has 1 atom stereocenters. The molecular formula is C25H18ClF3N2O5S. The first-order chi connectivity index (χ1) is 17.5. The van der Waals surface area contributed by atoms with Crippen LogP contribution in [-0.4, -0.2) is 26.8 Å². The Kier molecular flexibility index (Phi) is 7.47. The van der Waals surface area contributed by atoms with E-state index in [2.05, 4.69) is 10.3 Å². The zero-order chi connectivity index (χ0) is 26.8. The third kappa shape index (κ3) is 5.89. The monoisotopic (exact) mass is 550 g/mol. The van der Waals surface area contributed by atoms with Crippen LogP contribution in [-0.2, 0) is 33.5 Å². The molecule has 0 unspecified atom stereocenters. The molecule has 0 aliphatic carbocycles. The summed E-state index contributed by atoms with van der Waals surface area (Å²) >= 11 is 6.46. The van der Waals surface area contributed by atoms with Crippen molar-refractivity contribution < 1.29 is 37.0 Å². The second kappa shape index (κ2) is 10.4. The molecule has 12 heteroatoms. The molecule has 1 aliphatic rings. The van der Waals surface area contributed by atoms with Crippen molar-refractivity contribution in [3.8, 4) is 11.6 Å². The van der Waals surface area contributed by atoms with Crippen molar-refractivity contribution in [3.05, 3.63) is 88.1 Å². The molecule has 4 rings (SSSR count). The molecule has 192 valence electrons. The maximum Gasteiger partial charge on any atom is 0.417 e. The predicted molar refractivity (Wildman–Crippen MR) is 129 cm³/mol. The Bertz CT molecular complexity index is 1370. The fourth-order valence-electron chi connectivity index (χ4n) is 3.55. The number of alkyl halides is 3. The van der Waals surface area contributed by atoms with Gasteiger partial charge >= 0.3 is 12.1 Å². The summed E-state index contributed by atoms with van der Waals surface area (Å²) in [5.41, 5.74) is 0.841. The highest BCUT2D eigenvalue weighted by Crippen LogP contribution is 2.39. The van der Waals surface area contributed by atoms with Crippen molar-refractivity contribution in [1.82, 2.24) is 10.3 Å². The van der Waals surface area contributed by atoms with E-state index in [-0.39, 0.29) is 29.7 Å². The van der Waals surface area contributed by atoms with Gasteiger partial charge in [-0.2, -0.15) is 13.2 Å². The number of rotatable bonds is 7. The van der Waals surface area contributed by atoms with Crippen LogP contribution in [0.1, 0.15) is 22.3 Å². The average Bonchev–Trinajstić information content (AvgIpc) is 3.14. The summed E-state index contributed by atoms with van der Waals surface area (Å²) in [6.45, 7) is 1.61. The van der Waals surface area contributed by atoms with Crippen LogP contribution in [0.15, 0.2) is 60.8 Å². The number of halogens is 4. The van der Waals surface area contributed by atoms with Crippen LogP contribution in [0.2, 0.25) is 5.02 Å². The molecule has 1 N–H and O–H groups in total. The molecule has 0 saturated carbocycles. The van der Waals surface area contributed by atoms with Crippen LogP contribution in [0.4, 0.5) is 18.0 Å². The second-order valence-electron chi connectivity index (χ2n) is 8.11. The third-order valence-corrected chi connectivity index (χ3v) is 6.90. The van der Waals surface area contributed by atoms with E-state index >= 15 is 0 Å². The number of esters is 1. The Hall–Kier alpha value is -3.57. The minimum atomic E-state index is -4.60. The fraction of sp³-hybridized carbons (Fsp3) is 0.200. The first-order valence-electron chi connectivity index (χ1n) is 10.7. The second-order valence-corrected chi connectivity index (χ2v) is 9.79. The Morgan fingerprint density at radius 3 is 2.46 bits per heavy atom. The number of aromatic nitrogens is 1. The van der Waals surface area contributed by atoms with E-state index in [0.717, 1.165) is 0 Å². The first kappa shape index (κ1) is 26.5. The van der Waals surface area contributed by atoms with E-state index in [9.17, 15) is 27.6 Å². The predicted octanol–water partition coefficient (Wildman–Crippen LogP) is 5.86. The van der Waals surface area contributed by atoms with Gasteiger partial charge in [-0.15, -0.1) is 0 Å². The number of aryl methyl sites for hydroxylation is 1. The van der Waals surface area contributed by atoms with Crippen molar-refractivity contribution in [1.29, 1.82) is 0 Å². The lowest BCUT2D eigenvalue weighted by Crippen LogP contribution is -2.47. The summed E-state index contributed by atoms with van der Waals surface area (Å²) in [5.74, 6) is -1.64. The van der Waals surface area contributed by atoms with Crippen LogP contribution >= 0.6 is 23.4 Å². The van der Waals surface area contributed by atoms with Gasteiger partial charge in [-0.05, 0) is 53.6 Å². The van der Waals surface area contributed by atoms with Gasteiger partial charge in [0.15, 0.2) is 0 Å². The molecule has 1 saturated heterocycles. The topological polar surface area (TPSA) is 94.6 Å². The van der Waals surface area contributed by atoms with Gasteiger partial charge in [0.25, 0.3) is 11.1 Å². The number of ether oxygens (including phenoxy) is 2. The maximum atomic E-state index is 13.1. The van der Waals surface area contributed by atoms with Crippen LogP contribution in [0.25, 0.3) is 0 Å². The molecule has 2 aromatic carbocycles. The van der Waals surface area contributed by atoms with E-state index in [0.29, 0.717) is 40.7 Å². The van der Waals surface area contributed by atoms with Gasteiger partial charge < -0.3 is 9.47 Å². The first-order valence-corrected chi connectivity index (χ1v) is 11.9. The number of hydrogen-bond acceptors (Lipinski definition) is 7. The lowest BCUT2D eigenvalue weighted by Gasteiger charge is -2.23. The molecule has 1 aliphatic heterocycles. The molecule has 0 radical (unpaired) electrons. The number of hydrogen-bond donors (Lipinski definition) is 1. The number of thioether (sulfide) groups is 1. The van der Waals surface area contributed by atoms with Crippen LogP contribution < -0.4 is 10.1 Å². The van der Waals surface area contributed by atoms with E-state index in [4.69, 9.17) is 21.1 Å². The molecule has 2 amide bonds. The van der Waals surface area contributed by atoms with Crippen molar-refractivity contribution in [3.63, 3.8) is 0 Å². The average molecular weight is 551 g/mol. The quantitative estimate of drug-likeness (QED) is 0.291. The molecule has 2 heterocycles. The standard InChI is InChI=1S/C25H18ClF3N2O5S/c1-14-9-18(36-20-19(26)10-17(12-30-20)25(27,28)29)8-7-16(14)11-24(21(32)31-23(34)37-24)22(33)35-13-15-5-3-2-4-6-15/h2-10,12H,11,13H2,1H3,(H,31,32,34)/t24-/m0/s1. The molecule has 0 bridgehead atoms. The highest BCUT2D eigenvalue weighted by atomic mass is 35.5. The van der Waals surface area contributed by atoms with E-state index < -0.39 is 33.6 Å². The van der Waals surface area contributed by atoms with Crippen LogP contribution in [0.3, 0.4) is 0 Å². The zero-order valence-electron chi connectivity index (χ0n) is 19.1. The number of benzene rings is 2. The molecule has 1 fully saturated rings. The van der Waals surface area contributed by atoms with Gasteiger partial charge in [-0.3, -0.25) is 14.9 Å². The lowest BCUT2D eigenvalue weighted by atomic mass is 9.94. The Morgan fingerprint density at radius 1 is 1.14 bits per heavy atom. The molecule has 1 aromatic heterocycles. The van der Waals surface area contributed by atoms with E-state index in [1.165, 1.54) is 6.07 Å². The minimum absolute atomic E-state index is 0.0733. The summed E-state index contributed by atoms with van der Waals surface area (Å²) in [6, 6.07) is 14.2. The summed E-state index contributed by atoms with van der Waals surface area (Å²) in [5, 5.41) is 1.16. The summed E-state index contributed by atoms with van der Waals surface area (Å²) < 4.78 is 47.6. The van der Waals surface area contributed by atoms with Gasteiger partial charge in [0.2, 0.25) is 10.6 Å². The normalized spacial score (nSPS) is 17.4. The zero-order valence-corrected chi connectivity index (χ0v) is 20.7. The lowest BCUT2D eigenvalue weighted by molar-refractivity contribution is -0.150. The van der Waals surface area contributed by atoms with E-state index in [1.54, 1.807) is 43.3 Å². The van der Waals surface area contributed by atoms with Gasteiger partial charge in [0.1, 0.15) is 17.4 Å². The van der Waals surface area contributed by atoms with Gasteiger partial charge in [0.05, 0.1) is 5.56 Å². The van der Waals surface area contributed by atoms with Gasteiger partial charge in [0, 0.05) is 12.6 Å². The number of nitrogens with one attached hydrogen (secondary N) is 1. The highest BCUT2D eigenvalue weighted by Gasteiger charge is 2.55. The fourth-order valence-corrected chi connectivity index (χ4v) is 4.73. The summed E-state index contributed by atoms with van der Waals surface area (Å²) in [6.07, 6.45) is -4.13. The molecule has 3 aromatic rings. The Balaban J connectivity index is 1.53. The Morgan fingerprint density at radius 2 is 1.86 bits per heavy atom. The van der Waals surface area contributed by atoms with Crippen LogP contribution in [0, 0.1) is 6.92 Å². The van der Waals surface area contributed by atoms with Gasteiger partial charge in [-0.1, -0.05) is 48.0 Å². The summed E-state index contributed by atoms with van der Waals surface area (Å²) in [7, 11) is 0. The number of pyridine rings is 1. The SMILES string of the molecule is Cc1cc(Oc2ncc(C(F)(F)F)cc2Cl)ccc1C[C@]1(C(=O)OCc2ccccc2)SC(=O)NC1=O. The summed E-state index contributed by atoms with van der Waals surface area (Å²) in [4.78, 5) is 41.5. The highest BCUT2D eigenvalue weighted by molar-refractivity contribution is 8.16.